The Morgan fingerprint density at radius 3 is 3.05 bits per heavy atom. The molecule has 106 valence electrons. The van der Waals surface area contributed by atoms with Gasteiger partial charge in [0.25, 0.3) is 0 Å². The van der Waals surface area contributed by atoms with Crippen molar-refractivity contribution < 1.29 is 9.13 Å². The van der Waals surface area contributed by atoms with Crippen molar-refractivity contribution in [3.63, 3.8) is 0 Å². The van der Waals surface area contributed by atoms with E-state index in [2.05, 4.69) is 34.6 Å². The maximum Gasteiger partial charge on any atom is 0.141 e. The highest BCUT2D eigenvalue weighted by molar-refractivity contribution is 14.1. The van der Waals surface area contributed by atoms with Gasteiger partial charge in [0.2, 0.25) is 0 Å². The van der Waals surface area contributed by atoms with Crippen molar-refractivity contribution in [1.29, 1.82) is 0 Å². The van der Waals surface area contributed by atoms with E-state index in [1.165, 1.54) is 11.6 Å². The standard InChI is InChI=1S/C14H13ClFIN2O/c1-8-6-13-10(4-5-20-8)14(17)18-19(13)9-2-3-12(16)11(15)7-9/h2-3,7-8H,4-6H2,1H3/t8-/m1/s1. The van der Waals surface area contributed by atoms with Crippen LogP contribution in [0.5, 0.6) is 0 Å². The number of hydrogen-bond acceptors (Lipinski definition) is 2. The van der Waals surface area contributed by atoms with Crippen molar-refractivity contribution in [1.82, 2.24) is 9.78 Å². The van der Waals surface area contributed by atoms with E-state index >= 15 is 0 Å². The molecule has 0 fully saturated rings. The minimum absolute atomic E-state index is 0.111. The number of halogens is 3. The molecular formula is C14H13ClFIN2O. The largest absolute Gasteiger partial charge is 0.378 e. The molecule has 2 heterocycles. The number of rotatable bonds is 1. The van der Waals surface area contributed by atoms with Crippen LogP contribution in [0.25, 0.3) is 5.69 Å². The molecule has 0 N–H and O–H groups in total. The van der Waals surface area contributed by atoms with Gasteiger partial charge in [0.15, 0.2) is 0 Å². The fourth-order valence-corrected chi connectivity index (χ4v) is 3.41. The lowest BCUT2D eigenvalue weighted by Gasteiger charge is -2.11. The van der Waals surface area contributed by atoms with Gasteiger partial charge in [-0.15, -0.1) is 0 Å². The molecule has 0 spiro atoms. The van der Waals surface area contributed by atoms with Gasteiger partial charge in [-0.2, -0.15) is 5.10 Å². The lowest BCUT2D eigenvalue weighted by atomic mass is 10.1. The van der Waals surface area contributed by atoms with Crippen LogP contribution in [0.3, 0.4) is 0 Å². The van der Waals surface area contributed by atoms with Crippen LogP contribution in [0.15, 0.2) is 18.2 Å². The zero-order chi connectivity index (χ0) is 14.3. The SMILES string of the molecule is C[C@@H]1Cc2c(c(I)nn2-c2ccc(F)c(Cl)c2)CCO1. The predicted octanol–water partition coefficient (Wildman–Crippen LogP) is 3.77. The Bertz CT molecular complexity index is 659. The summed E-state index contributed by atoms with van der Waals surface area (Å²) in [7, 11) is 0. The van der Waals surface area contributed by atoms with E-state index in [9.17, 15) is 4.39 Å². The molecule has 1 aliphatic rings. The van der Waals surface area contributed by atoms with Crippen LogP contribution in [-0.2, 0) is 17.6 Å². The average Bonchev–Trinajstić information content (AvgIpc) is 2.59. The number of benzene rings is 1. The van der Waals surface area contributed by atoms with E-state index < -0.39 is 5.82 Å². The van der Waals surface area contributed by atoms with E-state index in [0.717, 1.165) is 27.9 Å². The molecule has 3 nitrogen and oxygen atoms in total. The third-order valence-corrected chi connectivity index (χ3v) is 4.58. The van der Waals surface area contributed by atoms with Crippen LogP contribution in [0.1, 0.15) is 18.2 Å². The van der Waals surface area contributed by atoms with E-state index in [-0.39, 0.29) is 11.1 Å². The van der Waals surface area contributed by atoms with E-state index in [0.29, 0.717) is 6.61 Å². The molecule has 0 bridgehead atoms. The van der Waals surface area contributed by atoms with Gasteiger partial charge < -0.3 is 4.74 Å². The second kappa shape index (κ2) is 5.61. The Kier molecular flexibility index (Phi) is 4.01. The first kappa shape index (κ1) is 14.3. The van der Waals surface area contributed by atoms with Gasteiger partial charge >= 0.3 is 0 Å². The predicted molar refractivity (Wildman–Crippen MR) is 84.1 cm³/mol. The Morgan fingerprint density at radius 1 is 1.50 bits per heavy atom. The Hall–Kier alpha value is -0.660. The lowest BCUT2D eigenvalue weighted by Crippen LogP contribution is -2.13. The summed E-state index contributed by atoms with van der Waals surface area (Å²) in [6.07, 6.45) is 1.80. The summed E-state index contributed by atoms with van der Waals surface area (Å²) in [5, 5.41) is 4.69. The zero-order valence-corrected chi connectivity index (χ0v) is 13.8. The average molecular weight is 407 g/mol. The molecule has 0 aliphatic carbocycles. The molecule has 0 saturated heterocycles. The molecule has 1 aromatic heterocycles. The summed E-state index contributed by atoms with van der Waals surface area (Å²) in [6, 6.07) is 4.67. The van der Waals surface area contributed by atoms with Crippen LogP contribution in [0.4, 0.5) is 4.39 Å². The molecule has 0 amide bonds. The maximum atomic E-state index is 13.3. The fourth-order valence-electron chi connectivity index (χ4n) is 2.44. The van der Waals surface area contributed by atoms with E-state index in [1.807, 2.05) is 4.68 Å². The first-order valence-electron chi connectivity index (χ1n) is 6.39. The lowest BCUT2D eigenvalue weighted by molar-refractivity contribution is 0.0734. The number of aromatic nitrogens is 2. The topological polar surface area (TPSA) is 27.1 Å². The molecule has 3 rings (SSSR count). The molecular weight excluding hydrogens is 394 g/mol. The fraction of sp³-hybridized carbons (Fsp3) is 0.357. The quantitative estimate of drug-likeness (QED) is 0.674. The summed E-state index contributed by atoms with van der Waals surface area (Å²) in [6.45, 7) is 2.76. The number of ether oxygens (including phenoxy) is 1. The number of nitrogens with zero attached hydrogens (tertiary/aromatic N) is 2. The first-order valence-corrected chi connectivity index (χ1v) is 7.85. The summed E-state index contributed by atoms with van der Waals surface area (Å²) in [4.78, 5) is 0. The maximum absolute atomic E-state index is 13.3. The van der Waals surface area contributed by atoms with Crippen molar-refractivity contribution in [3.8, 4) is 5.69 Å². The van der Waals surface area contributed by atoms with Gasteiger partial charge in [-0.25, -0.2) is 9.07 Å². The Morgan fingerprint density at radius 2 is 2.30 bits per heavy atom. The number of hydrogen-bond donors (Lipinski definition) is 0. The Balaban J connectivity index is 2.12. The highest BCUT2D eigenvalue weighted by Gasteiger charge is 2.22. The van der Waals surface area contributed by atoms with E-state index in [4.69, 9.17) is 16.3 Å². The Labute approximate surface area is 135 Å². The molecule has 1 aliphatic heterocycles. The van der Waals surface area contributed by atoms with Gasteiger partial charge in [-0.05, 0) is 47.7 Å². The molecule has 1 aromatic carbocycles. The second-order valence-electron chi connectivity index (χ2n) is 4.86. The molecule has 6 heteroatoms. The van der Waals surface area contributed by atoms with Crippen LogP contribution in [-0.4, -0.2) is 22.5 Å². The van der Waals surface area contributed by atoms with Crippen molar-refractivity contribution in [2.45, 2.75) is 25.9 Å². The van der Waals surface area contributed by atoms with Crippen molar-refractivity contribution in [2.75, 3.05) is 6.61 Å². The molecule has 0 unspecified atom stereocenters. The third kappa shape index (κ3) is 2.58. The van der Waals surface area contributed by atoms with Gasteiger partial charge in [0.05, 0.1) is 29.1 Å². The van der Waals surface area contributed by atoms with Crippen molar-refractivity contribution in [2.24, 2.45) is 0 Å². The first-order chi connectivity index (χ1) is 9.56. The summed E-state index contributed by atoms with van der Waals surface area (Å²) in [5.74, 6) is -0.417. The minimum atomic E-state index is -0.417. The van der Waals surface area contributed by atoms with Crippen LogP contribution in [0.2, 0.25) is 5.02 Å². The normalized spacial score (nSPS) is 18.7. The van der Waals surface area contributed by atoms with Gasteiger partial charge in [-0.1, -0.05) is 11.6 Å². The van der Waals surface area contributed by atoms with Gasteiger partial charge in [0, 0.05) is 18.4 Å². The molecule has 1 atom stereocenters. The summed E-state index contributed by atoms with van der Waals surface area (Å²) in [5.41, 5.74) is 3.13. The van der Waals surface area contributed by atoms with Gasteiger partial charge in [-0.3, -0.25) is 0 Å². The van der Waals surface area contributed by atoms with Crippen molar-refractivity contribution >= 4 is 34.2 Å². The van der Waals surface area contributed by atoms with E-state index in [1.54, 1.807) is 12.1 Å². The zero-order valence-electron chi connectivity index (χ0n) is 10.9. The minimum Gasteiger partial charge on any atom is -0.378 e. The third-order valence-electron chi connectivity index (χ3n) is 3.42. The van der Waals surface area contributed by atoms with Gasteiger partial charge in [0.1, 0.15) is 9.52 Å². The molecule has 0 saturated carbocycles. The molecule has 2 aromatic rings. The van der Waals surface area contributed by atoms with Crippen LogP contribution < -0.4 is 0 Å². The monoisotopic (exact) mass is 406 g/mol. The highest BCUT2D eigenvalue weighted by atomic mass is 127. The van der Waals surface area contributed by atoms with Crippen molar-refractivity contribution in [3.05, 3.63) is 44.0 Å². The molecule has 20 heavy (non-hydrogen) atoms. The van der Waals surface area contributed by atoms with Crippen LogP contribution >= 0.6 is 34.2 Å². The number of fused-ring (bicyclic) bond motifs is 1. The molecule has 0 radical (unpaired) electrons. The second-order valence-corrected chi connectivity index (χ2v) is 6.29. The smallest absolute Gasteiger partial charge is 0.141 e. The van der Waals surface area contributed by atoms with Crippen LogP contribution in [0, 0.1) is 9.52 Å². The highest BCUT2D eigenvalue weighted by Crippen LogP contribution is 2.27. The summed E-state index contributed by atoms with van der Waals surface area (Å²) < 4.78 is 21.8. The summed E-state index contributed by atoms with van der Waals surface area (Å²) >= 11 is 8.11.